The largest absolute Gasteiger partial charge is 0.488 e. The van der Waals surface area contributed by atoms with E-state index in [0.29, 0.717) is 17.6 Å². The van der Waals surface area contributed by atoms with Crippen LogP contribution in [-0.4, -0.2) is 67.1 Å². The van der Waals surface area contributed by atoms with Crippen molar-refractivity contribution in [1.82, 2.24) is 24.2 Å². The predicted octanol–water partition coefficient (Wildman–Crippen LogP) is 3.60. The van der Waals surface area contributed by atoms with Gasteiger partial charge in [0.25, 0.3) is 5.91 Å². The normalized spacial score (nSPS) is 20.5. The number of carbonyl (C=O) groups is 1. The smallest absolute Gasteiger partial charge is 0.362 e. The Morgan fingerprint density at radius 2 is 1.82 bits per heavy atom. The molecule has 3 N–H and O–H groups in total. The van der Waals surface area contributed by atoms with Crippen LogP contribution < -0.4 is 15.2 Å². The van der Waals surface area contributed by atoms with Crippen molar-refractivity contribution in [2.75, 3.05) is 12.3 Å². The standard InChI is InChI=1S/C30H37N6O7SSi/c1-29(2,3)43-24-15-21(42-30(24,45(4)5)36-19-34-25-26(31)32-18-33-27(25)36)17-41-44(38,39)35-28(37)22-13-9-10-14-23(22)40-16-20-11-7-6-8-12-20/h6-14,18-19,21,24H,15-17H2,1-5H3,(H,35,37)(H2,31,32,33)/t21-,24+,30-/m0/s1. The van der Waals surface area contributed by atoms with Gasteiger partial charge in [0.05, 0.1) is 30.2 Å². The fraction of sp³-hybridized carbons (Fsp3) is 0.400. The van der Waals surface area contributed by atoms with Crippen molar-refractivity contribution in [3.05, 3.63) is 78.4 Å². The first-order valence-corrected chi connectivity index (χ1v) is 18.3. The third-order valence-electron chi connectivity index (χ3n) is 7.19. The Bertz CT molecular complexity index is 1760. The highest BCUT2D eigenvalue weighted by Crippen LogP contribution is 2.43. The summed E-state index contributed by atoms with van der Waals surface area (Å²) in [5.74, 6) is -0.420. The Kier molecular flexibility index (Phi) is 9.28. The lowest BCUT2D eigenvalue weighted by Crippen LogP contribution is -2.54. The Morgan fingerprint density at radius 1 is 1.11 bits per heavy atom. The van der Waals surface area contributed by atoms with Crippen molar-refractivity contribution in [3.8, 4) is 5.75 Å². The first kappa shape index (κ1) is 32.5. The number of para-hydroxylation sites is 1. The minimum absolute atomic E-state index is 0.0489. The monoisotopic (exact) mass is 653 g/mol. The number of ether oxygens (including phenoxy) is 3. The van der Waals surface area contributed by atoms with E-state index < -0.39 is 48.2 Å². The Labute approximate surface area is 263 Å². The molecule has 0 bridgehead atoms. The predicted molar refractivity (Wildman–Crippen MR) is 169 cm³/mol. The molecular weight excluding hydrogens is 617 g/mol. The van der Waals surface area contributed by atoms with E-state index in [-0.39, 0.29) is 30.3 Å². The molecule has 0 aliphatic carbocycles. The summed E-state index contributed by atoms with van der Waals surface area (Å²) in [4.78, 5) is 26.0. The molecule has 0 spiro atoms. The van der Waals surface area contributed by atoms with Gasteiger partial charge < -0.3 is 19.9 Å². The average molecular weight is 654 g/mol. The van der Waals surface area contributed by atoms with E-state index in [2.05, 4.69) is 28.0 Å². The van der Waals surface area contributed by atoms with Crippen molar-refractivity contribution in [1.29, 1.82) is 0 Å². The van der Waals surface area contributed by atoms with Gasteiger partial charge >= 0.3 is 10.3 Å². The number of nitrogen functional groups attached to an aromatic ring is 1. The van der Waals surface area contributed by atoms with Crippen molar-refractivity contribution in [2.45, 2.75) is 70.1 Å². The second-order valence-corrected chi connectivity index (χ2v) is 15.9. The van der Waals surface area contributed by atoms with Crippen LogP contribution in [0.3, 0.4) is 0 Å². The van der Waals surface area contributed by atoms with Crippen LogP contribution in [0.1, 0.15) is 43.1 Å². The van der Waals surface area contributed by atoms with Gasteiger partial charge in [0.15, 0.2) is 16.8 Å². The van der Waals surface area contributed by atoms with Crippen LogP contribution in [0.2, 0.25) is 13.1 Å². The number of anilines is 1. The zero-order valence-corrected chi connectivity index (χ0v) is 27.6. The number of hydrogen-bond donors (Lipinski definition) is 2. The molecule has 3 atom stereocenters. The van der Waals surface area contributed by atoms with E-state index in [4.69, 9.17) is 24.1 Å². The maximum atomic E-state index is 13.1. The van der Waals surface area contributed by atoms with E-state index in [9.17, 15) is 13.2 Å². The van der Waals surface area contributed by atoms with Crippen molar-refractivity contribution >= 4 is 42.0 Å². The maximum absolute atomic E-state index is 13.1. The van der Waals surface area contributed by atoms with Crippen LogP contribution >= 0.6 is 0 Å². The van der Waals surface area contributed by atoms with Gasteiger partial charge in [-0.15, -0.1) is 0 Å². The van der Waals surface area contributed by atoms with Gasteiger partial charge in [-0.25, -0.2) is 19.7 Å². The molecule has 0 saturated carbocycles. The Hall–Kier alpha value is -3.89. The second kappa shape index (κ2) is 12.8. The summed E-state index contributed by atoms with van der Waals surface area (Å²) in [5, 5.41) is -1.04. The maximum Gasteiger partial charge on any atom is 0.362 e. The number of amides is 1. The minimum atomic E-state index is -4.53. The summed E-state index contributed by atoms with van der Waals surface area (Å²) >= 11 is 0. The van der Waals surface area contributed by atoms with Crippen LogP contribution in [-0.2, 0) is 35.9 Å². The molecule has 1 radical (unpaired) electrons. The number of hydrogen-bond acceptors (Lipinski definition) is 11. The van der Waals surface area contributed by atoms with Gasteiger partial charge in [0, 0.05) is 6.42 Å². The van der Waals surface area contributed by atoms with Gasteiger partial charge in [-0.3, -0.25) is 13.5 Å². The zero-order valence-electron chi connectivity index (χ0n) is 25.8. The number of nitrogens with two attached hydrogens (primary N) is 1. The molecule has 2 aromatic carbocycles. The summed E-state index contributed by atoms with van der Waals surface area (Å²) in [6.07, 6.45) is 2.06. The molecule has 4 aromatic rings. The van der Waals surface area contributed by atoms with Crippen LogP contribution in [0.15, 0.2) is 67.3 Å². The second-order valence-electron chi connectivity index (χ2n) is 11.9. The van der Waals surface area contributed by atoms with E-state index in [0.717, 1.165) is 5.56 Å². The van der Waals surface area contributed by atoms with Gasteiger partial charge in [-0.1, -0.05) is 55.6 Å². The number of nitrogens with zero attached hydrogens (tertiary/aromatic N) is 4. The van der Waals surface area contributed by atoms with Gasteiger partial charge in [0.2, 0.25) is 0 Å². The third kappa shape index (κ3) is 7.17. The third-order valence-corrected chi connectivity index (χ3v) is 10.2. The van der Waals surface area contributed by atoms with E-state index in [1.165, 1.54) is 12.4 Å². The fourth-order valence-corrected chi connectivity index (χ4v) is 7.90. The molecule has 1 aliphatic heterocycles. The molecular formula is C30H37N6O7SSi. The molecule has 2 aromatic heterocycles. The molecule has 239 valence electrons. The first-order valence-electron chi connectivity index (χ1n) is 14.4. The van der Waals surface area contributed by atoms with Gasteiger partial charge in [0.1, 0.15) is 39.1 Å². The van der Waals surface area contributed by atoms with Crippen molar-refractivity contribution in [2.24, 2.45) is 0 Å². The summed E-state index contributed by atoms with van der Waals surface area (Å²) in [5.41, 5.74) is 7.36. The first-order chi connectivity index (χ1) is 21.3. The quantitative estimate of drug-likeness (QED) is 0.227. The lowest BCUT2D eigenvalue weighted by molar-refractivity contribution is -0.143. The van der Waals surface area contributed by atoms with E-state index >= 15 is 0 Å². The Balaban J connectivity index is 1.32. The number of benzene rings is 2. The number of nitrogens with one attached hydrogen (secondary N) is 1. The summed E-state index contributed by atoms with van der Waals surface area (Å²) in [6, 6.07) is 15.8. The molecule has 1 aliphatic rings. The highest BCUT2D eigenvalue weighted by atomic mass is 32.2. The number of fused-ring (bicyclic) bond motifs is 1. The molecule has 1 amide bonds. The number of carbonyl (C=O) groups excluding carboxylic acids is 1. The topological polar surface area (TPSA) is 170 Å². The lowest BCUT2D eigenvalue weighted by Gasteiger charge is -2.41. The number of rotatable bonds is 11. The van der Waals surface area contributed by atoms with Crippen LogP contribution in [0.25, 0.3) is 11.2 Å². The van der Waals surface area contributed by atoms with Crippen molar-refractivity contribution < 1.29 is 31.6 Å². The Morgan fingerprint density at radius 3 is 2.53 bits per heavy atom. The molecule has 1 fully saturated rings. The lowest BCUT2D eigenvalue weighted by atomic mass is 10.1. The van der Waals surface area contributed by atoms with Crippen LogP contribution in [0.5, 0.6) is 5.75 Å². The summed E-state index contributed by atoms with van der Waals surface area (Å²) < 4.78 is 54.1. The highest BCUT2D eigenvalue weighted by Gasteiger charge is 2.55. The van der Waals surface area contributed by atoms with Gasteiger partial charge in [-0.05, 0) is 38.5 Å². The number of aromatic nitrogens is 4. The molecule has 13 nitrogen and oxygen atoms in total. The van der Waals surface area contributed by atoms with Crippen LogP contribution in [0, 0.1) is 0 Å². The average Bonchev–Trinajstić information content (AvgIpc) is 3.58. The highest BCUT2D eigenvalue weighted by molar-refractivity contribution is 7.85. The van der Waals surface area contributed by atoms with E-state index in [1.807, 2.05) is 60.4 Å². The molecule has 45 heavy (non-hydrogen) atoms. The number of imidazole rings is 1. The fourth-order valence-electron chi connectivity index (χ4n) is 5.30. The molecule has 5 rings (SSSR count). The summed E-state index contributed by atoms with van der Waals surface area (Å²) in [7, 11) is -5.93. The van der Waals surface area contributed by atoms with Crippen molar-refractivity contribution in [3.63, 3.8) is 0 Å². The minimum Gasteiger partial charge on any atom is -0.488 e. The van der Waals surface area contributed by atoms with Crippen LogP contribution in [0.4, 0.5) is 5.82 Å². The SMILES string of the molecule is C[Si](C)[C@@]1(n2cnc3c(N)ncnc32)O[C@H](COS(=O)(=O)NC(=O)c2ccccc2OCc2ccccc2)C[C@H]1OC(C)(C)C. The van der Waals surface area contributed by atoms with Gasteiger partial charge in [-0.2, -0.15) is 8.42 Å². The zero-order chi connectivity index (χ0) is 32.4. The molecule has 15 heteroatoms. The van der Waals surface area contributed by atoms with E-state index in [1.54, 1.807) is 24.5 Å². The molecule has 3 heterocycles. The molecule has 0 unspecified atom stereocenters. The molecule has 1 saturated heterocycles. The summed E-state index contributed by atoms with van der Waals surface area (Å²) in [6.45, 7) is 9.79.